The summed E-state index contributed by atoms with van der Waals surface area (Å²) in [6.45, 7) is 3.79. The Morgan fingerprint density at radius 2 is 1.77 bits per heavy atom. The fraction of sp³-hybridized carbons (Fsp3) is 0.286. The number of tetrazole rings is 1. The number of likely N-dealkylation sites (N-methyl/N-ethyl adjacent to an activating group) is 1. The van der Waals surface area contributed by atoms with Gasteiger partial charge in [-0.3, -0.25) is 9.59 Å². The smallest absolute Gasteiger partial charge is 0.246 e. The number of amides is 2. The van der Waals surface area contributed by atoms with E-state index in [0.29, 0.717) is 11.6 Å². The molecule has 0 atom stereocenters. The summed E-state index contributed by atoms with van der Waals surface area (Å²) in [5.74, 6) is 0.480. The van der Waals surface area contributed by atoms with Gasteiger partial charge in [-0.25, -0.2) is 0 Å². The zero-order valence-corrected chi connectivity index (χ0v) is 17.2. The van der Waals surface area contributed by atoms with Crippen LogP contribution in [0, 0.1) is 13.8 Å². The van der Waals surface area contributed by atoms with E-state index in [0.717, 1.165) is 16.8 Å². The van der Waals surface area contributed by atoms with Gasteiger partial charge in [0.05, 0.1) is 6.54 Å². The van der Waals surface area contributed by atoms with Crippen molar-refractivity contribution in [1.82, 2.24) is 25.1 Å². The first-order valence-electron chi connectivity index (χ1n) is 9.47. The topological polar surface area (TPSA) is 102 Å². The summed E-state index contributed by atoms with van der Waals surface area (Å²) in [5.41, 5.74) is 2.70. The summed E-state index contributed by atoms with van der Waals surface area (Å²) in [5, 5.41) is 14.8. The number of anilines is 1. The lowest BCUT2D eigenvalue weighted by atomic mass is 10.1. The van der Waals surface area contributed by atoms with E-state index in [2.05, 4.69) is 20.7 Å². The molecule has 3 rings (SSSR count). The van der Waals surface area contributed by atoms with Gasteiger partial charge in [0.25, 0.3) is 0 Å². The molecule has 30 heavy (non-hydrogen) atoms. The maximum Gasteiger partial charge on any atom is 0.246 e. The fourth-order valence-electron chi connectivity index (χ4n) is 2.80. The van der Waals surface area contributed by atoms with E-state index in [1.54, 1.807) is 7.05 Å². The number of hydrogen-bond donors (Lipinski definition) is 1. The highest BCUT2D eigenvalue weighted by Crippen LogP contribution is 2.19. The predicted octanol–water partition coefficient (Wildman–Crippen LogP) is 1.97. The Kier molecular flexibility index (Phi) is 6.74. The molecule has 0 saturated carbocycles. The summed E-state index contributed by atoms with van der Waals surface area (Å²) in [6, 6.07) is 15.1. The lowest BCUT2D eigenvalue weighted by molar-refractivity contribution is -0.134. The Labute approximate surface area is 174 Å². The molecule has 0 bridgehead atoms. The van der Waals surface area contributed by atoms with Gasteiger partial charge in [0.1, 0.15) is 12.3 Å². The van der Waals surface area contributed by atoms with Gasteiger partial charge in [0.2, 0.25) is 17.6 Å². The van der Waals surface area contributed by atoms with Crippen molar-refractivity contribution in [2.75, 3.05) is 18.9 Å². The number of ether oxygens (including phenoxy) is 1. The van der Waals surface area contributed by atoms with Gasteiger partial charge in [-0.1, -0.05) is 36.4 Å². The van der Waals surface area contributed by atoms with Crippen LogP contribution in [0.3, 0.4) is 0 Å². The molecule has 9 nitrogen and oxygen atoms in total. The monoisotopic (exact) mass is 408 g/mol. The number of aromatic nitrogens is 4. The van der Waals surface area contributed by atoms with Crippen LogP contribution in [0.5, 0.6) is 5.75 Å². The molecule has 9 heteroatoms. The number of nitrogens with one attached hydrogen (secondary N) is 1. The van der Waals surface area contributed by atoms with Crippen molar-refractivity contribution >= 4 is 17.5 Å². The van der Waals surface area contributed by atoms with Crippen LogP contribution in [0.2, 0.25) is 0 Å². The number of carbonyl (C=O) groups is 2. The molecule has 0 radical (unpaired) electrons. The van der Waals surface area contributed by atoms with Crippen LogP contribution >= 0.6 is 0 Å². The minimum atomic E-state index is -0.306. The quantitative estimate of drug-likeness (QED) is 0.611. The van der Waals surface area contributed by atoms with Gasteiger partial charge in [0.15, 0.2) is 6.61 Å². The lowest BCUT2D eigenvalue weighted by Crippen LogP contribution is -2.37. The Bertz CT molecular complexity index is 998. The second-order valence-corrected chi connectivity index (χ2v) is 6.90. The van der Waals surface area contributed by atoms with E-state index >= 15 is 0 Å². The molecule has 1 N–H and O–H groups in total. The van der Waals surface area contributed by atoms with Crippen LogP contribution in [-0.2, 0) is 22.7 Å². The molecule has 2 amide bonds. The average molecular weight is 408 g/mol. The molecular weight excluding hydrogens is 384 g/mol. The molecule has 0 fully saturated rings. The number of nitrogens with zero attached hydrogens (tertiary/aromatic N) is 5. The predicted molar refractivity (Wildman–Crippen MR) is 111 cm³/mol. The second kappa shape index (κ2) is 9.64. The summed E-state index contributed by atoms with van der Waals surface area (Å²) in [4.78, 5) is 27.3. The molecule has 0 spiro atoms. The van der Waals surface area contributed by atoms with Gasteiger partial charge in [-0.2, -0.15) is 4.80 Å². The molecule has 0 aliphatic carbocycles. The zero-order chi connectivity index (χ0) is 21.5. The highest BCUT2D eigenvalue weighted by Gasteiger charge is 2.16. The molecule has 156 valence electrons. The fourth-order valence-corrected chi connectivity index (χ4v) is 2.80. The van der Waals surface area contributed by atoms with E-state index in [1.165, 1.54) is 9.70 Å². The van der Waals surface area contributed by atoms with E-state index in [4.69, 9.17) is 4.74 Å². The van der Waals surface area contributed by atoms with E-state index in [1.807, 2.05) is 62.4 Å². The van der Waals surface area contributed by atoms with Crippen LogP contribution < -0.4 is 10.1 Å². The third-order valence-electron chi connectivity index (χ3n) is 4.43. The van der Waals surface area contributed by atoms with Crippen LogP contribution in [0.15, 0.2) is 48.5 Å². The highest BCUT2D eigenvalue weighted by molar-refractivity contribution is 5.95. The summed E-state index contributed by atoms with van der Waals surface area (Å²) >= 11 is 0. The van der Waals surface area contributed by atoms with Crippen molar-refractivity contribution in [3.8, 4) is 5.75 Å². The molecule has 0 aliphatic heterocycles. The minimum Gasteiger partial charge on any atom is -0.485 e. The van der Waals surface area contributed by atoms with Gasteiger partial charge in [-0.05, 0) is 42.3 Å². The van der Waals surface area contributed by atoms with Gasteiger partial charge in [-0.15, -0.1) is 10.2 Å². The molecule has 0 aliphatic rings. The highest BCUT2D eigenvalue weighted by atomic mass is 16.5. The van der Waals surface area contributed by atoms with Crippen LogP contribution in [-0.4, -0.2) is 50.5 Å². The second-order valence-electron chi connectivity index (χ2n) is 6.90. The third kappa shape index (κ3) is 5.63. The number of aryl methyl sites for hydroxylation is 2. The van der Waals surface area contributed by atoms with Gasteiger partial charge in [0, 0.05) is 12.7 Å². The summed E-state index contributed by atoms with van der Waals surface area (Å²) in [6.07, 6.45) is 0. The van der Waals surface area contributed by atoms with Crippen molar-refractivity contribution < 1.29 is 14.3 Å². The molecule has 1 aromatic heterocycles. The molecule has 1 heterocycles. The van der Waals surface area contributed by atoms with Gasteiger partial charge >= 0.3 is 0 Å². The Morgan fingerprint density at radius 1 is 1.07 bits per heavy atom. The molecule has 3 aromatic rings. The first-order valence-corrected chi connectivity index (χ1v) is 9.47. The minimum absolute atomic E-state index is 0.0781. The standard InChI is InChI=1S/C21H24N6O3/c1-15-8-7-9-16(2)21(15)22-19(28)12-26(3)20(29)13-27-24-18(23-25-27)14-30-17-10-5-4-6-11-17/h4-11H,12-14H2,1-3H3,(H,22,28). The molecular formula is C21H24N6O3. The van der Waals surface area contributed by atoms with Crippen LogP contribution in [0.4, 0.5) is 5.69 Å². The molecule has 0 saturated heterocycles. The molecule has 2 aromatic carbocycles. The maximum absolute atomic E-state index is 12.4. The lowest BCUT2D eigenvalue weighted by Gasteiger charge is -2.17. The molecule has 0 unspecified atom stereocenters. The van der Waals surface area contributed by atoms with Crippen LogP contribution in [0.1, 0.15) is 17.0 Å². The number of carbonyl (C=O) groups excluding carboxylic acids is 2. The number of benzene rings is 2. The first-order chi connectivity index (χ1) is 14.4. The number of hydrogen-bond acceptors (Lipinski definition) is 6. The zero-order valence-electron chi connectivity index (χ0n) is 17.2. The van der Waals surface area contributed by atoms with E-state index < -0.39 is 0 Å². The third-order valence-corrected chi connectivity index (χ3v) is 4.43. The Balaban J connectivity index is 1.49. The van der Waals surface area contributed by atoms with Crippen molar-refractivity contribution in [1.29, 1.82) is 0 Å². The average Bonchev–Trinajstić information content (AvgIpc) is 3.17. The van der Waals surface area contributed by atoms with Crippen molar-refractivity contribution in [3.63, 3.8) is 0 Å². The Morgan fingerprint density at radius 3 is 2.47 bits per heavy atom. The normalized spacial score (nSPS) is 10.5. The van der Waals surface area contributed by atoms with Crippen molar-refractivity contribution in [2.45, 2.75) is 27.0 Å². The maximum atomic E-state index is 12.4. The van der Waals surface area contributed by atoms with Crippen LogP contribution in [0.25, 0.3) is 0 Å². The van der Waals surface area contributed by atoms with Crippen molar-refractivity contribution in [2.24, 2.45) is 0 Å². The number of rotatable bonds is 8. The van der Waals surface area contributed by atoms with E-state index in [9.17, 15) is 9.59 Å². The largest absolute Gasteiger partial charge is 0.485 e. The summed E-state index contributed by atoms with van der Waals surface area (Å²) in [7, 11) is 1.56. The Hall–Kier alpha value is -3.75. The summed E-state index contributed by atoms with van der Waals surface area (Å²) < 4.78 is 5.56. The van der Waals surface area contributed by atoms with Gasteiger partial charge < -0.3 is 15.0 Å². The van der Waals surface area contributed by atoms with Crippen molar-refractivity contribution in [3.05, 3.63) is 65.5 Å². The van der Waals surface area contributed by atoms with E-state index in [-0.39, 0.29) is 31.5 Å². The SMILES string of the molecule is Cc1cccc(C)c1NC(=O)CN(C)C(=O)Cn1nnc(COc2ccccc2)n1. The number of para-hydroxylation sites is 2. The first kappa shape index (κ1) is 21.0.